The number of rotatable bonds is 5. The van der Waals surface area contributed by atoms with E-state index in [-0.39, 0.29) is 10.6 Å². The van der Waals surface area contributed by atoms with Crippen LogP contribution in [0.3, 0.4) is 0 Å². The molecular formula is C26H24N2O4S2. The Balaban J connectivity index is 1.33. The molecule has 2 aliphatic rings. The van der Waals surface area contributed by atoms with E-state index in [1.165, 1.54) is 11.8 Å². The van der Waals surface area contributed by atoms with Gasteiger partial charge in [0, 0.05) is 24.6 Å². The van der Waals surface area contributed by atoms with Crippen LogP contribution in [0.15, 0.2) is 70.0 Å². The van der Waals surface area contributed by atoms with Gasteiger partial charge in [0.05, 0.1) is 4.91 Å². The maximum absolute atomic E-state index is 13.0. The SMILES string of the molecule is NC1(C(=O)O)CCc2cc(-c3ccc(/C=C4\SC(S)N(Cc5ccccc5)C4=O)o3)ccc2C1. The maximum Gasteiger partial charge on any atom is 0.324 e. The quantitative estimate of drug-likeness (QED) is 0.357. The van der Waals surface area contributed by atoms with Crippen LogP contribution < -0.4 is 5.73 Å². The van der Waals surface area contributed by atoms with Gasteiger partial charge in [-0.05, 0) is 47.7 Å². The number of fused-ring (bicyclic) bond motifs is 1. The van der Waals surface area contributed by atoms with Crippen LogP contribution in [0.5, 0.6) is 0 Å². The second-order valence-electron chi connectivity index (χ2n) is 8.69. The molecule has 2 heterocycles. The first-order valence-electron chi connectivity index (χ1n) is 11.0. The van der Waals surface area contributed by atoms with Crippen molar-refractivity contribution < 1.29 is 19.1 Å². The van der Waals surface area contributed by atoms with Gasteiger partial charge in [0.25, 0.3) is 5.91 Å². The van der Waals surface area contributed by atoms with Crippen molar-refractivity contribution in [3.05, 3.63) is 88.0 Å². The number of amides is 1. The lowest BCUT2D eigenvalue weighted by molar-refractivity contribution is -0.143. The van der Waals surface area contributed by atoms with Gasteiger partial charge in [0.1, 0.15) is 21.8 Å². The molecule has 3 aromatic rings. The molecule has 2 aromatic carbocycles. The Labute approximate surface area is 207 Å². The van der Waals surface area contributed by atoms with Gasteiger partial charge in [-0.15, -0.1) is 12.6 Å². The van der Waals surface area contributed by atoms with Crippen LogP contribution in [0.1, 0.15) is 28.9 Å². The highest BCUT2D eigenvalue weighted by Crippen LogP contribution is 2.39. The maximum atomic E-state index is 13.0. The second-order valence-corrected chi connectivity index (χ2v) is 10.7. The number of hydrogen-bond donors (Lipinski definition) is 3. The molecular weight excluding hydrogens is 468 g/mol. The van der Waals surface area contributed by atoms with Gasteiger partial charge in [-0.2, -0.15) is 0 Å². The molecule has 0 radical (unpaired) electrons. The van der Waals surface area contributed by atoms with Crippen LogP contribution >= 0.6 is 24.4 Å². The summed E-state index contributed by atoms with van der Waals surface area (Å²) in [6, 6.07) is 19.5. The fourth-order valence-electron chi connectivity index (χ4n) is 4.36. The summed E-state index contributed by atoms with van der Waals surface area (Å²) < 4.78 is 5.78. The molecule has 174 valence electrons. The minimum atomic E-state index is -1.21. The second kappa shape index (κ2) is 9.02. The first-order chi connectivity index (χ1) is 16.3. The summed E-state index contributed by atoms with van der Waals surface area (Å²) in [5, 5.41) is 9.42. The van der Waals surface area contributed by atoms with Crippen molar-refractivity contribution in [2.75, 3.05) is 0 Å². The Hall–Kier alpha value is -2.94. The lowest BCUT2D eigenvalue weighted by Gasteiger charge is -2.30. The molecule has 1 saturated heterocycles. The summed E-state index contributed by atoms with van der Waals surface area (Å²) in [5.41, 5.74) is 8.87. The van der Waals surface area contributed by atoms with Crippen molar-refractivity contribution in [1.82, 2.24) is 4.90 Å². The Morgan fingerprint density at radius 1 is 1.21 bits per heavy atom. The van der Waals surface area contributed by atoms with Gasteiger partial charge in [-0.1, -0.05) is 54.2 Å². The number of benzene rings is 2. The largest absolute Gasteiger partial charge is 0.480 e. The predicted octanol–water partition coefficient (Wildman–Crippen LogP) is 4.55. The minimum absolute atomic E-state index is 0.0655. The number of thiol groups is 1. The number of hydrogen-bond acceptors (Lipinski definition) is 6. The molecule has 6 nitrogen and oxygen atoms in total. The Morgan fingerprint density at radius 2 is 2.00 bits per heavy atom. The van der Waals surface area contributed by atoms with Crippen molar-refractivity contribution in [2.45, 2.75) is 36.1 Å². The van der Waals surface area contributed by atoms with Crippen LogP contribution in [0.2, 0.25) is 0 Å². The average molecular weight is 493 g/mol. The number of thioether (sulfide) groups is 1. The monoisotopic (exact) mass is 492 g/mol. The summed E-state index contributed by atoms with van der Waals surface area (Å²) in [7, 11) is 0. The molecule has 1 aliphatic carbocycles. The molecule has 1 aromatic heterocycles. The zero-order valence-corrected chi connectivity index (χ0v) is 20.0. The molecule has 2 atom stereocenters. The van der Waals surface area contributed by atoms with Gasteiger partial charge in [-0.3, -0.25) is 9.59 Å². The van der Waals surface area contributed by atoms with Crippen LogP contribution in [0, 0.1) is 0 Å². The van der Waals surface area contributed by atoms with E-state index in [4.69, 9.17) is 10.2 Å². The zero-order chi connectivity index (χ0) is 23.9. The van der Waals surface area contributed by atoms with E-state index in [0.29, 0.717) is 42.2 Å². The Morgan fingerprint density at radius 3 is 2.76 bits per heavy atom. The summed E-state index contributed by atoms with van der Waals surface area (Å²) in [5.74, 6) is 0.259. The fraction of sp³-hybridized carbons (Fsp3) is 0.231. The lowest BCUT2D eigenvalue weighted by atomic mass is 9.78. The van der Waals surface area contributed by atoms with Gasteiger partial charge in [0.15, 0.2) is 0 Å². The number of carbonyl (C=O) groups excluding carboxylic acids is 1. The van der Waals surface area contributed by atoms with Crippen LogP contribution in [-0.2, 0) is 29.0 Å². The molecule has 2 unspecified atom stereocenters. The van der Waals surface area contributed by atoms with E-state index < -0.39 is 11.5 Å². The van der Waals surface area contributed by atoms with Crippen LogP contribution in [0.4, 0.5) is 0 Å². The molecule has 5 rings (SSSR count). The third kappa shape index (κ3) is 4.41. The van der Waals surface area contributed by atoms with E-state index in [1.54, 1.807) is 11.0 Å². The molecule has 1 aliphatic heterocycles. The molecule has 1 amide bonds. The standard InChI is InChI=1S/C26H24N2O4S2/c27-26(24(30)31)11-10-17-12-18(6-7-19(17)14-26)21-9-8-20(32-21)13-22-23(29)28(25(33)34-22)15-16-4-2-1-3-5-16/h1-9,12-13,25,33H,10-11,14-15,27H2,(H,30,31)/b22-13-. The van der Waals surface area contributed by atoms with E-state index >= 15 is 0 Å². The molecule has 0 bridgehead atoms. The summed E-state index contributed by atoms with van der Waals surface area (Å²) >= 11 is 5.99. The molecule has 3 N–H and O–H groups in total. The molecule has 0 spiro atoms. The Bertz CT molecular complexity index is 1290. The normalized spacial score (nSPS) is 23.4. The molecule has 8 heteroatoms. The number of carboxylic acid groups (broad SMARTS) is 1. The van der Waals surface area contributed by atoms with Crippen molar-refractivity contribution in [3.63, 3.8) is 0 Å². The molecule has 1 fully saturated rings. The highest BCUT2D eigenvalue weighted by molar-refractivity contribution is 8.14. The van der Waals surface area contributed by atoms with Gasteiger partial charge >= 0.3 is 5.97 Å². The van der Waals surface area contributed by atoms with Crippen molar-refractivity contribution in [1.29, 1.82) is 0 Å². The summed E-state index contributed by atoms with van der Waals surface area (Å²) in [6.45, 7) is 0.503. The van der Waals surface area contributed by atoms with Crippen LogP contribution in [0.25, 0.3) is 17.4 Å². The van der Waals surface area contributed by atoms with Crippen LogP contribution in [-0.4, -0.2) is 32.1 Å². The number of aliphatic carboxylic acids is 1. The van der Waals surface area contributed by atoms with E-state index in [0.717, 1.165) is 22.3 Å². The highest BCUT2D eigenvalue weighted by Gasteiger charge is 2.37. The van der Waals surface area contributed by atoms with Crippen molar-refractivity contribution in [2.24, 2.45) is 5.73 Å². The van der Waals surface area contributed by atoms with Crippen molar-refractivity contribution >= 4 is 42.3 Å². The topological polar surface area (TPSA) is 96.8 Å². The van der Waals surface area contributed by atoms with Gasteiger partial charge in [0.2, 0.25) is 0 Å². The number of aryl methyl sites for hydroxylation is 1. The number of nitrogens with two attached hydrogens (primary N) is 1. The summed E-state index contributed by atoms with van der Waals surface area (Å²) in [6.07, 6.45) is 3.09. The molecule has 34 heavy (non-hydrogen) atoms. The zero-order valence-electron chi connectivity index (χ0n) is 18.3. The molecule has 0 saturated carbocycles. The number of carbonyl (C=O) groups is 2. The first-order valence-corrected chi connectivity index (χ1v) is 12.4. The van der Waals surface area contributed by atoms with E-state index in [9.17, 15) is 14.7 Å². The number of carboxylic acids is 1. The van der Waals surface area contributed by atoms with E-state index in [2.05, 4.69) is 12.6 Å². The Kier molecular flexibility index (Phi) is 6.06. The number of furan rings is 1. The number of nitrogens with zero attached hydrogens (tertiary/aromatic N) is 1. The van der Waals surface area contributed by atoms with Crippen molar-refractivity contribution in [3.8, 4) is 11.3 Å². The first kappa shape index (κ1) is 22.8. The predicted molar refractivity (Wildman–Crippen MR) is 136 cm³/mol. The average Bonchev–Trinajstić information content (AvgIpc) is 3.40. The summed E-state index contributed by atoms with van der Waals surface area (Å²) in [4.78, 5) is 26.8. The third-order valence-corrected chi connectivity index (χ3v) is 7.94. The highest BCUT2D eigenvalue weighted by atomic mass is 32.2. The lowest BCUT2D eigenvalue weighted by Crippen LogP contribution is -2.52. The van der Waals surface area contributed by atoms with Gasteiger partial charge in [-0.25, -0.2) is 0 Å². The minimum Gasteiger partial charge on any atom is -0.480 e. The smallest absolute Gasteiger partial charge is 0.324 e. The van der Waals surface area contributed by atoms with Gasteiger partial charge < -0.3 is 20.2 Å². The third-order valence-electron chi connectivity index (χ3n) is 6.33. The van der Waals surface area contributed by atoms with E-state index in [1.807, 2.05) is 60.7 Å². The fourth-order valence-corrected chi connectivity index (χ4v) is 5.82.